The summed E-state index contributed by atoms with van der Waals surface area (Å²) in [6.45, 7) is 4.53. The minimum absolute atomic E-state index is 0.0322. The number of hydroxylamine groups is 1. The number of rotatable bonds is 17. The van der Waals surface area contributed by atoms with E-state index >= 15 is 0 Å². The van der Waals surface area contributed by atoms with Crippen molar-refractivity contribution >= 4 is 72.4 Å². The fraction of sp³-hybridized carbons (Fsp3) is 0.262. The van der Waals surface area contributed by atoms with Crippen LogP contribution in [0.2, 0.25) is 0 Å². The van der Waals surface area contributed by atoms with Gasteiger partial charge in [-0.3, -0.25) is 33.8 Å². The van der Waals surface area contributed by atoms with Crippen molar-refractivity contribution in [3.8, 4) is 11.1 Å². The molecule has 2 atom stereocenters. The van der Waals surface area contributed by atoms with Gasteiger partial charge in [0.25, 0.3) is 23.6 Å². The summed E-state index contributed by atoms with van der Waals surface area (Å²) in [6.07, 6.45) is 11.1. The Bertz CT molecular complexity index is 3440. The predicted octanol–water partition coefficient (Wildman–Crippen LogP) is 15.7. The molecule has 9 aromatic rings. The zero-order valence-electron chi connectivity index (χ0n) is 41.6. The van der Waals surface area contributed by atoms with Gasteiger partial charge in [-0.25, -0.2) is 5.06 Å². The van der Waals surface area contributed by atoms with E-state index in [9.17, 15) is 19.2 Å². The lowest BCUT2D eigenvalue weighted by atomic mass is 9.82. The van der Waals surface area contributed by atoms with E-state index in [1.807, 2.05) is 90.0 Å². The summed E-state index contributed by atoms with van der Waals surface area (Å²) in [5.41, 5.74) is 8.38. The first-order valence-electron chi connectivity index (χ1n) is 26.5. The quantitative estimate of drug-likeness (QED) is 0.0391. The molecule has 1 saturated heterocycles. The second-order valence-electron chi connectivity index (χ2n) is 20.4. The summed E-state index contributed by atoms with van der Waals surface area (Å²) < 4.78 is 0. The zero-order chi connectivity index (χ0) is 49.7. The number of carbonyl (C=O) groups is 4. The summed E-state index contributed by atoms with van der Waals surface area (Å²) in [6, 6.07) is 52.7. The first-order valence-corrected chi connectivity index (χ1v) is 26.5. The number of para-hydroxylation sites is 1. The Morgan fingerprint density at radius 1 is 0.466 bits per heavy atom. The van der Waals surface area contributed by atoms with E-state index in [-0.39, 0.29) is 48.4 Å². The number of carbonyl (C=O) groups excluding carboxylic acids is 4. The van der Waals surface area contributed by atoms with E-state index in [4.69, 9.17) is 4.84 Å². The van der Waals surface area contributed by atoms with Crippen LogP contribution < -0.4 is 5.06 Å². The number of unbranched alkanes of at least 4 members (excludes halogenated alkanes) is 6. The van der Waals surface area contributed by atoms with Crippen molar-refractivity contribution in [2.24, 2.45) is 0 Å². The maximum absolute atomic E-state index is 14.6. The molecule has 0 spiro atoms. The summed E-state index contributed by atoms with van der Waals surface area (Å²) in [4.78, 5) is 67.8. The van der Waals surface area contributed by atoms with Crippen LogP contribution in [0.4, 0.5) is 5.69 Å². The Morgan fingerprint density at radius 2 is 0.932 bits per heavy atom. The summed E-state index contributed by atoms with van der Waals surface area (Å²) >= 11 is 0. The minimum atomic E-state index is -0.331. The molecule has 4 amide bonds. The molecule has 8 nitrogen and oxygen atoms in total. The van der Waals surface area contributed by atoms with Gasteiger partial charge in [-0.2, -0.15) is 0 Å². The molecular formula is C65H59N3O5. The lowest BCUT2D eigenvalue weighted by molar-refractivity contribution is 0.0514. The molecule has 364 valence electrons. The smallest absolute Gasteiger partial charge is 0.261 e. The normalized spacial score (nSPS) is 16.7. The van der Waals surface area contributed by atoms with Crippen molar-refractivity contribution in [3.05, 3.63) is 197 Å². The Morgan fingerprint density at radius 3 is 1.42 bits per heavy atom. The molecule has 3 aliphatic heterocycles. The second-order valence-corrected chi connectivity index (χ2v) is 20.4. The summed E-state index contributed by atoms with van der Waals surface area (Å²) in [7, 11) is 0. The summed E-state index contributed by atoms with van der Waals surface area (Å²) in [5, 5.41) is 8.68. The van der Waals surface area contributed by atoms with E-state index < -0.39 is 0 Å². The van der Waals surface area contributed by atoms with Gasteiger partial charge in [0, 0.05) is 45.5 Å². The molecule has 0 radical (unpaired) electrons. The van der Waals surface area contributed by atoms with Crippen LogP contribution in [0.25, 0.3) is 54.2 Å². The molecule has 1 fully saturated rings. The van der Waals surface area contributed by atoms with Crippen LogP contribution in [0.5, 0.6) is 0 Å². The fourth-order valence-electron chi connectivity index (χ4n) is 12.2. The number of imide groups is 2. The van der Waals surface area contributed by atoms with E-state index in [0.29, 0.717) is 33.0 Å². The number of hydrogen-bond acceptors (Lipinski definition) is 6. The van der Waals surface area contributed by atoms with Gasteiger partial charge >= 0.3 is 0 Å². The van der Waals surface area contributed by atoms with Crippen LogP contribution in [0, 0.1) is 0 Å². The number of amides is 4. The van der Waals surface area contributed by atoms with Gasteiger partial charge in [-0.15, -0.1) is 0 Å². The number of fused-ring (bicyclic) bond motifs is 2. The van der Waals surface area contributed by atoms with Crippen LogP contribution in [0.1, 0.15) is 155 Å². The van der Waals surface area contributed by atoms with E-state index in [2.05, 4.69) is 86.6 Å². The third kappa shape index (κ3) is 8.04. The Hall–Kier alpha value is -7.68. The molecule has 73 heavy (non-hydrogen) atoms. The first-order chi connectivity index (χ1) is 35.8. The lowest BCUT2D eigenvalue weighted by Gasteiger charge is -2.35. The number of anilines is 1. The number of benzene rings is 9. The molecular weight excluding hydrogens is 903 g/mol. The van der Waals surface area contributed by atoms with Gasteiger partial charge in [0.05, 0.1) is 18.3 Å². The Labute approximate surface area is 426 Å². The van der Waals surface area contributed by atoms with Gasteiger partial charge in [0.2, 0.25) is 0 Å². The van der Waals surface area contributed by atoms with Crippen LogP contribution in [-0.2, 0) is 11.4 Å². The van der Waals surface area contributed by atoms with Crippen molar-refractivity contribution in [3.63, 3.8) is 0 Å². The molecule has 0 aliphatic carbocycles. The molecule has 0 unspecified atom stereocenters. The third-order valence-corrected chi connectivity index (χ3v) is 16.0. The maximum Gasteiger partial charge on any atom is 0.261 e. The highest BCUT2D eigenvalue weighted by atomic mass is 16.7. The molecule has 0 N–H and O–H groups in total. The zero-order valence-corrected chi connectivity index (χ0v) is 41.6. The maximum atomic E-state index is 14.6. The van der Waals surface area contributed by atoms with Crippen LogP contribution in [-0.4, -0.2) is 39.5 Å². The highest BCUT2D eigenvalue weighted by Crippen LogP contribution is 2.48. The van der Waals surface area contributed by atoms with Crippen LogP contribution in [0.3, 0.4) is 0 Å². The predicted molar refractivity (Wildman–Crippen MR) is 292 cm³/mol. The molecule has 12 rings (SSSR count). The van der Waals surface area contributed by atoms with E-state index in [1.54, 1.807) is 4.90 Å². The lowest BCUT2D eigenvalue weighted by Crippen LogP contribution is -2.47. The Kier molecular flexibility index (Phi) is 12.3. The van der Waals surface area contributed by atoms with Crippen LogP contribution >= 0.6 is 0 Å². The highest BCUT2D eigenvalue weighted by molar-refractivity contribution is 6.41. The van der Waals surface area contributed by atoms with Crippen molar-refractivity contribution in [1.82, 2.24) is 9.80 Å². The molecule has 9 aromatic carbocycles. The van der Waals surface area contributed by atoms with Crippen molar-refractivity contribution in [1.29, 1.82) is 0 Å². The second kappa shape index (κ2) is 19.4. The van der Waals surface area contributed by atoms with E-state index in [0.717, 1.165) is 131 Å². The average Bonchev–Trinajstić information content (AvgIpc) is 3.90. The molecule has 0 aromatic heterocycles. The fourth-order valence-corrected chi connectivity index (χ4v) is 12.2. The number of hydrogen-bond donors (Lipinski definition) is 0. The van der Waals surface area contributed by atoms with Gasteiger partial charge < -0.3 is 0 Å². The van der Waals surface area contributed by atoms with Gasteiger partial charge in [0.15, 0.2) is 0 Å². The molecule has 8 heteroatoms. The number of nitrogens with zero attached hydrogens (tertiary/aromatic N) is 3. The minimum Gasteiger partial charge on any atom is -0.271 e. The van der Waals surface area contributed by atoms with E-state index in [1.165, 1.54) is 10.5 Å². The van der Waals surface area contributed by atoms with Crippen LogP contribution in [0.15, 0.2) is 158 Å². The standard InChI is InChI=1S/C65H59N3O5/c1-3-5-7-13-19-46(20-14-8-6-4-2)67-64(71)54-37-33-50-48-31-35-52-60-53(36-32-49(58(48)60)51-34-38-55(65(67)72)61(54)59(50)51)63(70)66(62(52)69)40-41-23-25-42(26-24-41)43-27-29-44(30-28-43)56-39-57(45-17-11-9-12-18-45)73-68(56)47-21-15-10-16-22-47/h9-12,15-18,21-38,46,56-57H,3-8,13-14,19-20,39-40H2,1-2H3/t56-,57+/m0/s1. The van der Waals surface area contributed by atoms with Crippen molar-refractivity contribution < 1.29 is 24.0 Å². The molecule has 3 aliphatic rings. The van der Waals surface area contributed by atoms with Crippen molar-refractivity contribution in [2.45, 2.75) is 109 Å². The first kappa shape index (κ1) is 46.4. The molecule has 0 saturated carbocycles. The summed E-state index contributed by atoms with van der Waals surface area (Å²) in [5.74, 6) is -1.09. The average molecular weight is 962 g/mol. The van der Waals surface area contributed by atoms with Gasteiger partial charge in [-0.05, 0) is 109 Å². The largest absolute Gasteiger partial charge is 0.271 e. The van der Waals surface area contributed by atoms with Gasteiger partial charge in [0.1, 0.15) is 6.10 Å². The third-order valence-electron chi connectivity index (χ3n) is 16.0. The molecule has 0 bridgehead atoms. The van der Waals surface area contributed by atoms with Gasteiger partial charge in [-0.1, -0.05) is 187 Å². The SMILES string of the molecule is CCCCCCC(CCCCCC)N1C(=O)c2ccc3c4ccc5c6c(ccc(c7ccc(c2c37)C1=O)c64)C(=O)N(Cc1ccc(-c2ccc([C@@H]3C[C@H](c4ccccc4)ON3c3ccccc3)cc2)cc1)C5=O. The topological polar surface area (TPSA) is 87.2 Å². The highest BCUT2D eigenvalue weighted by Gasteiger charge is 2.40. The monoisotopic (exact) mass is 961 g/mol. The van der Waals surface area contributed by atoms with Crippen molar-refractivity contribution in [2.75, 3.05) is 5.06 Å². The molecule has 3 heterocycles. The Balaban J connectivity index is 0.806.